The van der Waals surface area contributed by atoms with E-state index in [1.54, 1.807) is 18.2 Å². The molecule has 132 valence electrons. The molecule has 0 aliphatic carbocycles. The highest BCUT2D eigenvalue weighted by Crippen LogP contribution is 2.16. The maximum Gasteiger partial charge on any atom is 0.271 e. The third kappa shape index (κ3) is 4.13. The molecule has 0 atom stereocenters. The number of carbonyl (C=O) groups excluding carboxylic acids is 3. The summed E-state index contributed by atoms with van der Waals surface area (Å²) in [6, 6.07) is 15.8. The van der Waals surface area contributed by atoms with Gasteiger partial charge in [-0.2, -0.15) is 5.10 Å². The van der Waals surface area contributed by atoms with Gasteiger partial charge in [0.2, 0.25) is 11.8 Å². The number of carbonyl (C=O) groups is 3. The minimum Gasteiger partial charge on any atom is -0.366 e. The van der Waals surface area contributed by atoms with Crippen LogP contribution in [0.3, 0.4) is 0 Å². The van der Waals surface area contributed by atoms with E-state index in [1.807, 2.05) is 30.3 Å². The highest BCUT2D eigenvalue weighted by Gasteiger charge is 2.24. The Labute approximate surface area is 150 Å². The van der Waals surface area contributed by atoms with Crippen LogP contribution < -0.4 is 11.1 Å². The van der Waals surface area contributed by atoms with Crippen molar-refractivity contribution in [2.24, 2.45) is 10.8 Å². The summed E-state index contributed by atoms with van der Waals surface area (Å²) in [6.45, 7) is 0.313. The molecule has 0 aromatic heterocycles. The maximum absolute atomic E-state index is 12.5. The van der Waals surface area contributed by atoms with E-state index in [2.05, 4.69) is 10.4 Å². The van der Waals surface area contributed by atoms with Crippen molar-refractivity contribution in [1.82, 2.24) is 5.01 Å². The van der Waals surface area contributed by atoms with Crippen molar-refractivity contribution in [2.45, 2.75) is 19.4 Å². The lowest BCUT2D eigenvalue weighted by atomic mass is 10.1. The first-order chi connectivity index (χ1) is 12.5. The molecular weight excluding hydrogens is 332 g/mol. The Kier molecular flexibility index (Phi) is 5.07. The molecule has 1 aliphatic heterocycles. The number of nitrogens with one attached hydrogen (secondary N) is 1. The largest absolute Gasteiger partial charge is 0.366 e. The normalized spacial score (nSPS) is 13.9. The van der Waals surface area contributed by atoms with E-state index >= 15 is 0 Å². The summed E-state index contributed by atoms with van der Waals surface area (Å²) in [6.07, 6.45) is 0.492. The summed E-state index contributed by atoms with van der Waals surface area (Å²) in [5, 5.41) is 8.21. The summed E-state index contributed by atoms with van der Waals surface area (Å²) >= 11 is 0. The molecule has 7 heteroatoms. The van der Waals surface area contributed by atoms with Gasteiger partial charge in [0.1, 0.15) is 5.71 Å². The highest BCUT2D eigenvalue weighted by molar-refractivity contribution is 6.43. The number of hydrogen-bond donors (Lipinski definition) is 2. The minimum absolute atomic E-state index is 0.124. The van der Waals surface area contributed by atoms with Gasteiger partial charge in [-0.05, 0) is 23.8 Å². The van der Waals surface area contributed by atoms with Crippen LogP contribution in [0.4, 0.5) is 5.69 Å². The van der Waals surface area contributed by atoms with Crippen LogP contribution in [0.2, 0.25) is 0 Å². The molecule has 0 radical (unpaired) electrons. The lowest BCUT2D eigenvalue weighted by Gasteiger charge is -2.23. The predicted octanol–water partition coefficient (Wildman–Crippen LogP) is 1.90. The van der Waals surface area contributed by atoms with E-state index in [9.17, 15) is 14.4 Å². The number of primary amides is 1. The molecule has 26 heavy (non-hydrogen) atoms. The van der Waals surface area contributed by atoms with Crippen LogP contribution in [0, 0.1) is 0 Å². The molecule has 0 fully saturated rings. The van der Waals surface area contributed by atoms with Gasteiger partial charge >= 0.3 is 0 Å². The fraction of sp³-hybridized carbons (Fsp3) is 0.158. The zero-order valence-electron chi connectivity index (χ0n) is 14.0. The number of amides is 3. The first kappa shape index (κ1) is 17.3. The molecule has 3 rings (SSSR count). The lowest BCUT2D eigenvalue weighted by molar-refractivity contribution is -0.132. The van der Waals surface area contributed by atoms with Crippen LogP contribution in [0.25, 0.3) is 0 Å². The second kappa shape index (κ2) is 7.60. The molecule has 0 spiro atoms. The van der Waals surface area contributed by atoms with Gasteiger partial charge in [-0.25, -0.2) is 5.01 Å². The van der Waals surface area contributed by atoms with Gasteiger partial charge in [-0.15, -0.1) is 0 Å². The van der Waals surface area contributed by atoms with Crippen LogP contribution >= 0.6 is 0 Å². The molecule has 1 heterocycles. The average molecular weight is 350 g/mol. The van der Waals surface area contributed by atoms with Crippen molar-refractivity contribution in [3.05, 3.63) is 65.7 Å². The van der Waals surface area contributed by atoms with Crippen molar-refractivity contribution in [2.75, 3.05) is 5.32 Å². The van der Waals surface area contributed by atoms with Gasteiger partial charge in [0.25, 0.3) is 5.91 Å². The molecule has 0 unspecified atom stereocenters. The first-order valence-corrected chi connectivity index (χ1v) is 8.16. The fourth-order valence-corrected chi connectivity index (χ4v) is 2.60. The summed E-state index contributed by atoms with van der Waals surface area (Å²) in [5.74, 6) is -1.10. The maximum atomic E-state index is 12.5. The number of nitrogens with two attached hydrogens (primary N) is 1. The molecule has 3 N–H and O–H groups in total. The number of hydrogen-bond acceptors (Lipinski definition) is 4. The van der Waals surface area contributed by atoms with E-state index < -0.39 is 11.8 Å². The molecule has 7 nitrogen and oxygen atoms in total. The van der Waals surface area contributed by atoms with E-state index in [0.717, 1.165) is 5.56 Å². The van der Waals surface area contributed by atoms with Crippen LogP contribution in [0.1, 0.15) is 28.8 Å². The summed E-state index contributed by atoms with van der Waals surface area (Å²) in [7, 11) is 0. The summed E-state index contributed by atoms with van der Waals surface area (Å²) in [5.41, 5.74) is 7.19. The van der Waals surface area contributed by atoms with E-state index in [0.29, 0.717) is 17.8 Å². The number of benzene rings is 2. The summed E-state index contributed by atoms with van der Waals surface area (Å²) in [4.78, 5) is 35.8. The quantitative estimate of drug-likeness (QED) is 0.860. The molecule has 0 saturated heterocycles. The molecular formula is C19H18N4O3. The van der Waals surface area contributed by atoms with Crippen LogP contribution in [0.5, 0.6) is 0 Å². The topological polar surface area (TPSA) is 105 Å². The SMILES string of the molecule is NC(=O)c1cccc(NC(=O)C2=NN(Cc3ccccc3)C(=O)CC2)c1. The summed E-state index contributed by atoms with van der Waals surface area (Å²) < 4.78 is 0. The van der Waals surface area contributed by atoms with Gasteiger partial charge in [0.15, 0.2) is 0 Å². The first-order valence-electron chi connectivity index (χ1n) is 8.16. The van der Waals surface area contributed by atoms with Gasteiger partial charge in [-0.3, -0.25) is 14.4 Å². The molecule has 2 aromatic rings. The monoisotopic (exact) mass is 350 g/mol. The van der Waals surface area contributed by atoms with Gasteiger partial charge < -0.3 is 11.1 Å². The zero-order chi connectivity index (χ0) is 18.5. The number of hydrazone groups is 1. The average Bonchev–Trinajstić information content (AvgIpc) is 2.64. The molecule has 0 saturated carbocycles. The van der Waals surface area contributed by atoms with Crippen molar-refractivity contribution < 1.29 is 14.4 Å². The standard InChI is InChI=1S/C19H18N4O3/c20-18(25)14-7-4-8-15(11-14)21-19(26)16-9-10-17(24)23(22-16)12-13-5-2-1-3-6-13/h1-8,11H,9-10,12H2,(H2,20,25)(H,21,26). The molecule has 0 bridgehead atoms. The molecule has 1 aliphatic rings. The minimum atomic E-state index is -0.573. The van der Waals surface area contributed by atoms with Gasteiger partial charge in [0.05, 0.1) is 6.54 Å². The van der Waals surface area contributed by atoms with Crippen molar-refractivity contribution in [3.63, 3.8) is 0 Å². The third-order valence-corrected chi connectivity index (χ3v) is 3.95. The van der Waals surface area contributed by atoms with E-state index in [4.69, 9.17) is 5.73 Å². The van der Waals surface area contributed by atoms with E-state index in [-0.39, 0.29) is 24.5 Å². The van der Waals surface area contributed by atoms with Crippen LogP contribution in [-0.4, -0.2) is 28.4 Å². The Morgan fingerprint density at radius 1 is 1.08 bits per heavy atom. The molecule has 3 amide bonds. The zero-order valence-corrected chi connectivity index (χ0v) is 14.0. The highest BCUT2D eigenvalue weighted by atomic mass is 16.2. The molecule has 2 aromatic carbocycles. The van der Waals surface area contributed by atoms with Crippen LogP contribution in [0.15, 0.2) is 59.7 Å². The third-order valence-electron chi connectivity index (χ3n) is 3.95. The Balaban J connectivity index is 1.74. The van der Waals surface area contributed by atoms with E-state index in [1.165, 1.54) is 11.1 Å². The van der Waals surface area contributed by atoms with Crippen LogP contribution in [-0.2, 0) is 16.1 Å². The predicted molar refractivity (Wildman–Crippen MR) is 97.3 cm³/mol. The Bertz CT molecular complexity index is 877. The Morgan fingerprint density at radius 3 is 2.58 bits per heavy atom. The Hall–Kier alpha value is -3.48. The van der Waals surface area contributed by atoms with Crippen molar-refractivity contribution in [1.29, 1.82) is 0 Å². The van der Waals surface area contributed by atoms with Gasteiger partial charge in [-0.1, -0.05) is 36.4 Å². The fourth-order valence-electron chi connectivity index (χ4n) is 2.60. The number of nitrogens with zero attached hydrogens (tertiary/aromatic N) is 2. The van der Waals surface area contributed by atoms with Crippen molar-refractivity contribution in [3.8, 4) is 0 Å². The van der Waals surface area contributed by atoms with Gasteiger partial charge in [0, 0.05) is 24.1 Å². The van der Waals surface area contributed by atoms with Crippen molar-refractivity contribution >= 4 is 29.1 Å². The second-order valence-electron chi connectivity index (χ2n) is 5.88. The number of rotatable bonds is 5. The number of anilines is 1. The Morgan fingerprint density at radius 2 is 1.85 bits per heavy atom. The smallest absolute Gasteiger partial charge is 0.271 e. The lowest BCUT2D eigenvalue weighted by Crippen LogP contribution is -2.36. The second-order valence-corrected chi connectivity index (χ2v) is 5.88.